The SMILES string of the molecule is CCc1cc(OC(F)(F)F)cc2c1OC(C(F)(F)F)C(C(=O)OCCN(C)CCONO)=C2. The van der Waals surface area contributed by atoms with Crippen LogP contribution in [-0.2, 0) is 20.8 Å². The highest BCUT2D eigenvalue weighted by Gasteiger charge is 2.49. The van der Waals surface area contributed by atoms with Crippen LogP contribution >= 0.6 is 0 Å². The standard InChI is InChI=1S/C19H22F6N2O6/c1-3-11-8-13(33-19(23,24)25)9-12-10-14(16(18(20,21)22)32-15(11)12)17(28)30-6-4-27(2)5-7-31-26-29/h8-10,16,26,29H,3-7H2,1-2H3. The summed E-state index contributed by atoms with van der Waals surface area (Å²) in [7, 11) is 1.61. The number of nitrogens with one attached hydrogen (secondary N) is 1. The molecule has 0 aromatic heterocycles. The van der Waals surface area contributed by atoms with Crippen LogP contribution in [0.5, 0.6) is 11.5 Å². The number of halogens is 6. The molecule has 2 N–H and O–H groups in total. The van der Waals surface area contributed by atoms with Crippen molar-refractivity contribution >= 4 is 12.0 Å². The Morgan fingerprint density at radius 1 is 1.18 bits per heavy atom. The lowest BCUT2D eigenvalue weighted by Crippen LogP contribution is -2.41. The van der Waals surface area contributed by atoms with Crippen LogP contribution in [-0.4, -0.2) is 68.1 Å². The van der Waals surface area contributed by atoms with Crippen molar-refractivity contribution in [2.75, 3.05) is 33.4 Å². The molecule has 8 nitrogen and oxygen atoms in total. The molecular formula is C19H22F6N2O6. The lowest BCUT2D eigenvalue weighted by atomic mass is 9.97. The summed E-state index contributed by atoms with van der Waals surface area (Å²) in [5.74, 6) is -2.27. The number of likely N-dealkylation sites (N-methyl/N-ethyl adjacent to an activating group) is 1. The van der Waals surface area contributed by atoms with Crippen molar-refractivity contribution in [1.29, 1.82) is 0 Å². The van der Waals surface area contributed by atoms with Gasteiger partial charge in [0, 0.05) is 18.7 Å². The van der Waals surface area contributed by atoms with Crippen LogP contribution in [0, 0.1) is 0 Å². The van der Waals surface area contributed by atoms with Crippen molar-refractivity contribution in [2.24, 2.45) is 0 Å². The summed E-state index contributed by atoms with van der Waals surface area (Å²) in [5.41, 5.74) is 0.448. The second kappa shape index (κ2) is 11.0. The van der Waals surface area contributed by atoms with Gasteiger partial charge in [0.1, 0.15) is 18.1 Å². The van der Waals surface area contributed by atoms with Gasteiger partial charge in [-0.05, 0) is 37.2 Å². The number of carbonyl (C=O) groups is 1. The van der Waals surface area contributed by atoms with Gasteiger partial charge in [0.05, 0.1) is 12.2 Å². The van der Waals surface area contributed by atoms with Crippen molar-refractivity contribution in [3.05, 3.63) is 28.8 Å². The molecule has 1 aromatic rings. The molecule has 14 heteroatoms. The summed E-state index contributed by atoms with van der Waals surface area (Å²) in [5, 5.41) is 8.30. The number of carbonyl (C=O) groups excluding carboxylic acids is 1. The number of benzene rings is 1. The van der Waals surface area contributed by atoms with Crippen molar-refractivity contribution in [3.8, 4) is 11.5 Å². The van der Waals surface area contributed by atoms with Crippen LogP contribution in [0.1, 0.15) is 18.1 Å². The Morgan fingerprint density at radius 2 is 1.85 bits per heavy atom. The number of hydrogen-bond acceptors (Lipinski definition) is 8. The Morgan fingerprint density at radius 3 is 2.42 bits per heavy atom. The maximum absolute atomic E-state index is 13.6. The van der Waals surface area contributed by atoms with Crippen molar-refractivity contribution in [3.63, 3.8) is 0 Å². The Hall–Kier alpha value is -2.55. The average Bonchev–Trinajstić information content (AvgIpc) is 2.70. The molecule has 0 fully saturated rings. The zero-order chi connectivity index (χ0) is 24.8. The van der Waals surface area contributed by atoms with Gasteiger partial charge in [-0.15, -0.1) is 13.2 Å². The molecule has 0 aliphatic carbocycles. The molecule has 0 saturated heterocycles. The zero-order valence-corrected chi connectivity index (χ0v) is 17.5. The number of esters is 1. The fourth-order valence-corrected chi connectivity index (χ4v) is 2.96. The number of aryl methyl sites for hydroxylation is 1. The number of fused-ring (bicyclic) bond motifs is 1. The molecule has 186 valence electrons. The van der Waals surface area contributed by atoms with Gasteiger partial charge in [0.15, 0.2) is 0 Å². The first kappa shape index (κ1) is 26.7. The van der Waals surface area contributed by atoms with Crippen molar-refractivity contribution < 1.29 is 55.4 Å². The predicted molar refractivity (Wildman–Crippen MR) is 100 cm³/mol. The minimum Gasteiger partial charge on any atom is -0.475 e. The van der Waals surface area contributed by atoms with E-state index in [2.05, 4.69) is 9.57 Å². The number of nitrogens with zero attached hydrogens (tertiary/aromatic N) is 1. The highest BCUT2D eigenvalue weighted by molar-refractivity contribution is 5.96. The van der Waals surface area contributed by atoms with Crippen molar-refractivity contribution in [2.45, 2.75) is 32.0 Å². The van der Waals surface area contributed by atoms with Gasteiger partial charge in [0.25, 0.3) is 0 Å². The number of alkyl halides is 6. The van der Waals surface area contributed by atoms with E-state index in [-0.39, 0.29) is 43.1 Å². The van der Waals surface area contributed by atoms with Crippen LogP contribution in [0.25, 0.3) is 6.08 Å². The van der Waals surface area contributed by atoms with Gasteiger partial charge in [-0.2, -0.15) is 13.2 Å². The number of ether oxygens (including phenoxy) is 3. The quantitative estimate of drug-likeness (QED) is 0.225. The van der Waals surface area contributed by atoms with Crippen LogP contribution in [0.15, 0.2) is 17.7 Å². The van der Waals surface area contributed by atoms with Gasteiger partial charge in [0.2, 0.25) is 6.10 Å². The summed E-state index contributed by atoms with van der Waals surface area (Å²) < 4.78 is 92.5. The lowest BCUT2D eigenvalue weighted by molar-refractivity contribution is -0.274. The van der Waals surface area contributed by atoms with Crippen LogP contribution in [0.4, 0.5) is 26.3 Å². The second-order valence-corrected chi connectivity index (χ2v) is 6.92. The molecule has 0 saturated carbocycles. The van der Waals surface area contributed by atoms with Crippen LogP contribution < -0.4 is 15.1 Å². The molecule has 1 atom stereocenters. The summed E-state index contributed by atoms with van der Waals surface area (Å²) in [6.07, 6.45) is -11.8. The topological polar surface area (TPSA) is 89.5 Å². The number of rotatable bonds is 10. The third kappa shape index (κ3) is 7.77. The normalized spacial score (nSPS) is 16.2. The first-order valence-electron chi connectivity index (χ1n) is 9.60. The molecule has 0 bridgehead atoms. The van der Waals surface area contributed by atoms with E-state index in [1.54, 1.807) is 11.9 Å². The van der Waals surface area contributed by atoms with Crippen molar-refractivity contribution in [1.82, 2.24) is 10.5 Å². The fourth-order valence-electron chi connectivity index (χ4n) is 2.96. The van der Waals surface area contributed by atoms with E-state index < -0.39 is 35.9 Å². The molecule has 33 heavy (non-hydrogen) atoms. The zero-order valence-electron chi connectivity index (χ0n) is 17.5. The van der Waals surface area contributed by atoms with E-state index in [0.29, 0.717) is 6.54 Å². The summed E-state index contributed by atoms with van der Waals surface area (Å²) in [4.78, 5) is 18.5. The van der Waals surface area contributed by atoms with Gasteiger partial charge in [-0.1, -0.05) is 12.6 Å². The van der Waals surface area contributed by atoms with Gasteiger partial charge >= 0.3 is 18.5 Å². The van der Waals surface area contributed by atoms with E-state index in [0.717, 1.165) is 18.2 Å². The van der Waals surface area contributed by atoms with E-state index in [1.165, 1.54) is 12.6 Å². The highest BCUT2D eigenvalue weighted by atomic mass is 19.4. The van der Waals surface area contributed by atoms with Gasteiger partial charge in [-0.25, -0.2) is 4.79 Å². The molecule has 1 aromatic carbocycles. The van der Waals surface area contributed by atoms with E-state index >= 15 is 0 Å². The largest absolute Gasteiger partial charge is 0.573 e. The highest BCUT2D eigenvalue weighted by Crippen LogP contribution is 2.42. The molecular weight excluding hydrogens is 466 g/mol. The molecule has 0 amide bonds. The number of hydrogen-bond donors (Lipinski definition) is 2. The van der Waals surface area contributed by atoms with Crippen LogP contribution in [0.3, 0.4) is 0 Å². The Kier molecular flexibility index (Phi) is 8.94. The minimum atomic E-state index is -5.01. The molecule has 1 aliphatic heterocycles. The third-order valence-corrected chi connectivity index (χ3v) is 4.49. The Balaban J connectivity index is 2.26. The average molecular weight is 488 g/mol. The Labute approximate surface area is 184 Å². The smallest absolute Gasteiger partial charge is 0.475 e. The van der Waals surface area contributed by atoms with E-state index in [1.807, 2.05) is 0 Å². The molecule has 0 spiro atoms. The monoisotopic (exact) mass is 488 g/mol. The molecule has 2 rings (SSSR count). The summed E-state index contributed by atoms with van der Waals surface area (Å²) in [6.45, 7) is 1.75. The lowest BCUT2D eigenvalue weighted by Gasteiger charge is -2.29. The first-order chi connectivity index (χ1) is 15.4. The maximum atomic E-state index is 13.6. The van der Waals surface area contributed by atoms with E-state index in [4.69, 9.17) is 14.7 Å². The molecule has 1 unspecified atom stereocenters. The first-order valence-corrected chi connectivity index (χ1v) is 9.60. The molecule has 0 radical (unpaired) electrons. The summed E-state index contributed by atoms with van der Waals surface area (Å²) >= 11 is 0. The maximum Gasteiger partial charge on any atom is 0.573 e. The second-order valence-electron chi connectivity index (χ2n) is 6.92. The van der Waals surface area contributed by atoms with Crippen LogP contribution in [0.2, 0.25) is 0 Å². The van der Waals surface area contributed by atoms with Gasteiger partial charge in [-0.3, -0.25) is 10.0 Å². The molecule has 1 aliphatic rings. The predicted octanol–water partition coefficient (Wildman–Crippen LogP) is 3.24. The van der Waals surface area contributed by atoms with E-state index in [9.17, 15) is 31.1 Å². The minimum absolute atomic E-state index is 0.0471. The van der Waals surface area contributed by atoms with Gasteiger partial charge < -0.3 is 19.1 Å². The third-order valence-electron chi connectivity index (χ3n) is 4.49. The summed E-state index contributed by atoms with van der Waals surface area (Å²) in [6, 6.07) is 1.77. The molecule has 1 heterocycles. The fraction of sp³-hybridized carbons (Fsp3) is 0.526. The Bertz CT molecular complexity index is 858.